The number of piperidine rings is 1. The summed E-state index contributed by atoms with van der Waals surface area (Å²) in [6.07, 6.45) is 1.94. The molecule has 0 spiro atoms. The quantitative estimate of drug-likeness (QED) is 0.621. The smallest absolute Gasteiger partial charge is 0.245 e. The molecule has 10 heteroatoms. The lowest BCUT2D eigenvalue weighted by Gasteiger charge is -2.31. The van der Waals surface area contributed by atoms with Gasteiger partial charge in [0.1, 0.15) is 10.4 Å². The van der Waals surface area contributed by atoms with Crippen LogP contribution in [0.15, 0.2) is 52.0 Å². The number of sulfonamides is 1. The summed E-state index contributed by atoms with van der Waals surface area (Å²) in [4.78, 5) is 12.7. The minimum atomic E-state index is -3.81. The Morgan fingerprint density at radius 3 is 2.80 bits per heavy atom. The third-order valence-electron chi connectivity index (χ3n) is 5.25. The van der Waals surface area contributed by atoms with E-state index >= 15 is 0 Å². The molecule has 1 N–H and O–H groups in total. The number of fused-ring (bicyclic) bond motifs is 1. The van der Waals surface area contributed by atoms with E-state index in [1.165, 1.54) is 10.4 Å². The summed E-state index contributed by atoms with van der Waals surface area (Å²) in [6.45, 7) is 0.975. The molecule has 1 amide bonds. The Bertz CT molecular complexity index is 1150. The van der Waals surface area contributed by atoms with Crippen LogP contribution in [0.4, 0.5) is 0 Å². The number of carbonyl (C=O) groups excluding carboxylic acids is 1. The first-order valence-corrected chi connectivity index (χ1v) is 11.5. The highest BCUT2D eigenvalue weighted by Gasteiger charge is 2.34. The summed E-state index contributed by atoms with van der Waals surface area (Å²) in [5.41, 5.74) is 1.65. The van der Waals surface area contributed by atoms with E-state index in [9.17, 15) is 13.2 Å². The number of benzene rings is 2. The second-order valence-electron chi connectivity index (χ2n) is 7.26. The predicted molar refractivity (Wildman–Crippen MR) is 111 cm³/mol. The molecule has 4 rings (SSSR count). The fourth-order valence-corrected chi connectivity index (χ4v) is 5.42. The van der Waals surface area contributed by atoms with Gasteiger partial charge in [-0.05, 0) is 59.4 Å². The second-order valence-corrected chi connectivity index (χ2v) is 9.60. The average molecular weight is 449 g/mol. The first kappa shape index (κ1) is 20.8. The number of hydrogen-bond acceptors (Lipinski definition) is 6. The molecule has 1 aliphatic rings. The first-order chi connectivity index (χ1) is 14.4. The highest BCUT2D eigenvalue weighted by molar-refractivity contribution is 7.89. The van der Waals surface area contributed by atoms with Crippen LogP contribution in [0, 0.1) is 5.92 Å². The minimum Gasteiger partial charge on any atom is -0.355 e. The van der Waals surface area contributed by atoms with Crippen molar-refractivity contribution in [1.29, 1.82) is 0 Å². The normalized spacial score (nSPS) is 17.8. The molecule has 1 atom stereocenters. The van der Waals surface area contributed by atoms with Crippen LogP contribution in [0.1, 0.15) is 18.4 Å². The van der Waals surface area contributed by atoms with Crippen LogP contribution in [-0.2, 0) is 21.2 Å². The van der Waals surface area contributed by atoms with Crippen molar-refractivity contribution in [2.45, 2.75) is 24.2 Å². The Labute approximate surface area is 179 Å². The molecule has 0 saturated carbocycles. The number of rotatable bonds is 6. The monoisotopic (exact) mass is 448 g/mol. The Kier molecular flexibility index (Phi) is 6.03. The summed E-state index contributed by atoms with van der Waals surface area (Å²) in [7, 11) is -3.81. The molecule has 8 nitrogen and oxygen atoms in total. The third-order valence-corrected chi connectivity index (χ3v) is 7.40. The first-order valence-electron chi connectivity index (χ1n) is 9.69. The molecule has 3 aromatic rings. The number of carbonyl (C=O) groups is 1. The molecule has 158 valence electrons. The van der Waals surface area contributed by atoms with Gasteiger partial charge in [0.25, 0.3) is 0 Å². The number of nitrogens with one attached hydrogen (secondary N) is 1. The van der Waals surface area contributed by atoms with E-state index in [0.29, 0.717) is 42.9 Å². The van der Waals surface area contributed by atoms with Crippen LogP contribution < -0.4 is 5.32 Å². The van der Waals surface area contributed by atoms with Crippen molar-refractivity contribution >= 4 is 38.6 Å². The van der Waals surface area contributed by atoms with Gasteiger partial charge in [0.2, 0.25) is 15.9 Å². The van der Waals surface area contributed by atoms with E-state index < -0.39 is 15.9 Å². The number of hydrogen-bond donors (Lipinski definition) is 1. The zero-order valence-corrected chi connectivity index (χ0v) is 17.7. The van der Waals surface area contributed by atoms with Gasteiger partial charge in [0.05, 0.1) is 5.92 Å². The zero-order valence-electron chi connectivity index (χ0n) is 16.1. The van der Waals surface area contributed by atoms with E-state index in [-0.39, 0.29) is 22.9 Å². The molecular weight excluding hydrogens is 428 g/mol. The van der Waals surface area contributed by atoms with Crippen molar-refractivity contribution in [1.82, 2.24) is 19.9 Å². The summed E-state index contributed by atoms with van der Waals surface area (Å²) >= 11 is 5.88. The second kappa shape index (κ2) is 8.71. The Balaban J connectivity index is 1.40. The molecule has 30 heavy (non-hydrogen) atoms. The highest BCUT2D eigenvalue weighted by atomic mass is 35.5. The summed E-state index contributed by atoms with van der Waals surface area (Å²) in [5, 5.41) is 11.0. The molecule has 1 aliphatic heterocycles. The van der Waals surface area contributed by atoms with Crippen LogP contribution in [-0.4, -0.2) is 48.6 Å². The van der Waals surface area contributed by atoms with E-state index in [4.69, 9.17) is 11.6 Å². The number of halogens is 1. The molecular formula is C20H21ClN4O4S. The van der Waals surface area contributed by atoms with E-state index in [1.807, 2.05) is 24.3 Å². The topological polar surface area (TPSA) is 105 Å². The van der Waals surface area contributed by atoms with Gasteiger partial charge in [-0.1, -0.05) is 29.8 Å². The third kappa shape index (κ3) is 4.33. The van der Waals surface area contributed by atoms with Crippen molar-refractivity contribution < 1.29 is 17.8 Å². The maximum absolute atomic E-state index is 13.2. The molecule has 1 saturated heterocycles. The van der Waals surface area contributed by atoms with Crippen LogP contribution >= 0.6 is 11.6 Å². The van der Waals surface area contributed by atoms with Crippen LogP contribution in [0.3, 0.4) is 0 Å². The molecule has 0 radical (unpaired) electrons. The van der Waals surface area contributed by atoms with Gasteiger partial charge in [-0.2, -0.15) is 4.31 Å². The zero-order chi connectivity index (χ0) is 21.1. The average Bonchev–Trinajstić information content (AvgIpc) is 3.24. The van der Waals surface area contributed by atoms with Crippen molar-refractivity contribution in [3.8, 4) is 0 Å². The fraction of sp³-hybridized carbons (Fsp3) is 0.350. The van der Waals surface area contributed by atoms with Gasteiger partial charge in [0.15, 0.2) is 5.52 Å². The Hall–Kier alpha value is -2.49. The molecule has 0 bridgehead atoms. The molecule has 1 fully saturated rings. The Morgan fingerprint density at radius 1 is 1.20 bits per heavy atom. The summed E-state index contributed by atoms with van der Waals surface area (Å²) < 4.78 is 32.4. The van der Waals surface area contributed by atoms with Gasteiger partial charge in [0, 0.05) is 24.7 Å². The van der Waals surface area contributed by atoms with E-state index in [1.54, 1.807) is 12.1 Å². The van der Waals surface area contributed by atoms with E-state index in [2.05, 4.69) is 20.3 Å². The minimum absolute atomic E-state index is 0.0463. The molecule has 2 heterocycles. The maximum Gasteiger partial charge on any atom is 0.245 e. The van der Waals surface area contributed by atoms with Gasteiger partial charge in [-0.3, -0.25) is 4.79 Å². The molecule has 1 aromatic heterocycles. The molecule has 0 unspecified atom stereocenters. The van der Waals surface area contributed by atoms with Crippen molar-refractivity contribution in [3.63, 3.8) is 0 Å². The van der Waals surface area contributed by atoms with E-state index in [0.717, 1.165) is 5.56 Å². The fourth-order valence-electron chi connectivity index (χ4n) is 3.63. The van der Waals surface area contributed by atoms with Gasteiger partial charge in [-0.15, -0.1) is 0 Å². The SMILES string of the molecule is O=C(NCCc1ccc(Cl)cc1)[C@H]1CCCN(S(=O)(=O)c2cccc3nonc23)C1. The van der Waals surface area contributed by atoms with Crippen LogP contribution in [0.5, 0.6) is 0 Å². The standard InChI is InChI=1S/C20H21ClN4O4S/c21-16-8-6-14(7-9-16)10-11-22-20(26)15-3-2-12-25(13-15)30(27,28)18-5-1-4-17-19(18)24-29-23-17/h1,4-9,15H,2-3,10-13H2,(H,22,26)/t15-/m0/s1. The maximum atomic E-state index is 13.2. The number of nitrogens with zero attached hydrogens (tertiary/aromatic N) is 3. The van der Waals surface area contributed by atoms with Crippen LogP contribution in [0.25, 0.3) is 11.0 Å². The largest absolute Gasteiger partial charge is 0.355 e. The van der Waals surface area contributed by atoms with Crippen LogP contribution in [0.2, 0.25) is 5.02 Å². The lowest BCUT2D eigenvalue weighted by Crippen LogP contribution is -2.45. The number of amides is 1. The van der Waals surface area contributed by atoms with Gasteiger partial charge >= 0.3 is 0 Å². The number of aromatic nitrogens is 2. The van der Waals surface area contributed by atoms with Crippen molar-refractivity contribution in [2.24, 2.45) is 5.92 Å². The Morgan fingerprint density at radius 2 is 2.00 bits per heavy atom. The summed E-state index contributed by atoms with van der Waals surface area (Å²) in [5.74, 6) is -0.529. The highest BCUT2D eigenvalue weighted by Crippen LogP contribution is 2.27. The van der Waals surface area contributed by atoms with Crippen molar-refractivity contribution in [2.75, 3.05) is 19.6 Å². The van der Waals surface area contributed by atoms with Gasteiger partial charge in [-0.25, -0.2) is 13.0 Å². The van der Waals surface area contributed by atoms with Gasteiger partial charge < -0.3 is 5.32 Å². The lowest BCUT2D eigenvalue weighted by molar-refractivity contribution is -0.126. The summed E-state index contributed by atoms with van der Waals surface area (Å²) in [6, 6.07) is 12.2. The predicted octanol–water partition coefficient (Wildman–Crippen LogP) is 2.64. The molecule has 0 aliphatic carbocycles. The lowest BCUT2D eigenvalue weighted by atomic mass is 9.99. The molecule has 2 aromatic carbocycles. The van der Waals surface area contributed by atoms with Crippen molar-refractivity contribution in [3.05, 3.63) is 53.1 Å².